The van der Waals surface area contributed by atoms with Crippen molar-refractivity contribution in [1.82, 2.24) is 4.57 Å². The van der Waals surface area contributed by atoms with Crippen molar-refractivity contribution in [3.8, 4) is 0 Å². The van der Waals surface area contributed by atoms with E-state index in [4.69, 9.17) is 5.11 Å². The SMILES string of the molecule is Cc1ccc2c(=O)n(CCC(=O)O)c(C(=O)O)cc2c1. The Kier molecular flexibility index (Phi) is 3.56. The summed E-state index contributed by atoms with van der Waals surface area (Å²) in [4.78, 5) is 34.1. The third-order valence-corrected chi connectivity index (χ3v) is 3.03. The summed E-state index contributed by atoms with van der Waals surface area (Å²) in [5.74, 6) is -2.34. The monoisotopic (exact) mass is 275 g/mol. The third kappa shape index (κ3) is 2.54. The van der Waals surface area contributed by atoms with Gasteiger partial charge in [-0.3, -0.25) is 9.59 Å². The number of fused-ring (bicyclic) bond motifs is 1. The molecule has 1 aromatic heterocycles. The van der Waals surface area contributed by atoms with Gasteiger partial charge in [0.15, 0.2) is 0 Å². The van der Waals surface area contributed by atoms with Gasteiger partial charge in [-0.15, -0.1) is 0 Å². The lowest BCUT2D eigenvalue weighted by Gasteiger charge is -2.11. The summed E-state index contributed by atoms with van der Waals surface area (Å²) in [7, 11) is 0. The Morgan fingerprint density at radius 3 is 2.50 bits per heavy atom. The van der Waals surface area contributed by atoms with Crippen LogP contribution >= 0.6 is 0 Å². The van der Waals surface area contributed by atoms with Crippen molar-refractivity contribution in [2.75, 3.05) is 0 Å². The molecule has 0 aliphatic rings. The molecule has 0 radical (unpaired) electrons. The molecule has 0 spiro atoms. The van der Waals surface area contributed by atoms with Crippen molar-refractivity contribution in [3.63, 3.8) is 0 Å². The van der Waals surface area contributed by atoms with E-state index in [2.05, 4.69) is 0 Å². The first-order valence-electron chi connectivity index (χ1n) is 5.99. The molecule has 2 N–H and O–H groups in total. The van der Waals surface area contributed by atoms with Crippen LogP contribution in [-0.4, -0.2) is 26.7 Å². The fourth-order valence-electron chi connectivity index (χ4n) is 2.08. The van der Waals surface area contributed by atoms with E-state index in [9.17, 15) is 19.5 Å². The van der Waals surface area contributed by atoms with Crippen molar-refractivity contribution in [1.29, 1.82) is 0 Å². The van der Waals surface area contributed by atoms with Gasteiger partial charge in [0.2, 0.25) is 0 Å². The van der Waals surface area contributed by atoms with Crippen LogP contribution in [0.25, 0.3) is 10.8 Å². The van der Waals surface area contributed by atoms with E-state index >= 15 is 0 Å². The van der Waals surface area contributed by atoms with E-state index in [1.54, 1.807) is 18.2 Å². The zero-order valence-electron chi connectivity index (χ0n) is 10.8. The molecule has 0 unspecified atom stereocenters. The zero-order valence-corrected chi connectivity index (χ0v) is 10.8. The Labute approximate surface area is 113 Å². The Morgan fingerprint density at radius 1 is 1.20 bits per heavy atom. The molecule has 0 aliphatic heterocycles. The number of aromatic nitrogens is 1. The number of carboxylic acids is 2. The van der Waals surface area contributed by atoms with Gasteiger partial charge in [-0.25, -0.2) is 4.79 Å². The number of carboxylic acid groups (broad SMARTS) is 2. The summed E-state index contributed by atoms with van der Waals surface area (Å²) in [6, 6.07) is 6.50. The maximum Gasteiger partial charge on any atom is 0.352 e. The number of aliphatic carboxylic acids is 1. The summed E-state index contributed by atoms with van der Waals surface area (Å²) in [5.41, 5.74) is 0.229. The highest BCUT2D eigenvalue weighted by Gasteiger charge is 2.15. The normalized spacial score (nSPS) is 10.7. The lowest BCUT2D eigenvalue weighted by molar-refractivity contribution is -0.137. The van der Waals surface area contributed by atoms with Gasteiger partial charge in [-0.05, 0) is 24.4 Å². The summed E-state index contributed by atoms with van der Waals surface area (Å²) in [5, 5.41) is 18.8. The van der Waals surface area contributed by atoms with Gasteiger partial charge in [0.1, 0.15) is 5.69 Å². The van der Waals surface area contributed by atoms with Gasteiger partial charge in [0.25, 0.3) is 5.56 Å². The molecule has 2 aromatic rings. The zero-order chi connectivity index (χ0) is 14.9. The first-order valence-corrected chi connectivity index (χ1v) is 5.99. The molecule has 2 rings (SSSR count). The summed E-state index contributed by atoms with van der Waals surface area (Å²) >= 11 is 0. The molecule has 0 fully saturated rings. The second kappa shape index (κ2) is 5.16. The van der Waals surface area contributed by atoms with Crippen LogP contribution in [0, 0.1) is 6.92 Å². The number of aryl methyl sites for hydroxylation is 1. The van der Waals surface area contributed by atoms with Gasteiger partial charge in [0, 0.05) is 11.9 Å². The predicted molar refractivity (Wildman–Crippen MR) is 72.2 cm³/mol. The molecule has 0 atom stereocenters. The third-order valence-electron chi connectivity index (χ3n) is 3.03. The first-order chi connectivity index (χ1) is 9.40. The van der Waals surface area contributed by atoms with E-state index in [1.807, 2.05) is 6.92 Å². The number of pyridine rings is 1. The van der Waals surface area contributed by atoms with E-state index in [0.29, 0.717) is 10.8 Å². The van der Waals surface area contributed by atoms with Crippen LogP contribution in [0.15, 0.2) is 29.1 Å². The highest BCUT2D eigenvalue weighted by Crippen LogP contribution is 2.15. The van der Waals surface area contributed by atoms with Gasteiger partial charge in [0.05, 0.1) is 6.42 Å². The molecule has 0 saturated carbocycles. The average Bonchev–Trinajstić information content (AvgIpc) is 2.36. The standard InChI is InChI=1S/C14H13NO5/c1-8-2-3-10-9(6-8)7-11(14(19)20)15(13(10)18)5-4-12(16)17/h2-3,6-7H,4-5H2,1H3,(H,16,17)(H,19,20). The number of carbonyl (C=O) groups is 2. The fraction of sp³-hybridized carbons (Fsp3) is 0.214. The van der Waals surface area contributed by atoms with Crippen molar-refractivity contribution in [2.45, 2.75) is 19.9 Å². The molecule has 0 bridgehead atoms. The van der Waals surface area contributed by atoms with Crippen LogP contribution in [0.2, 0.25) is 0 Å². The Balaban J connectivity index is 2.70. The summed E-state index contributed by atoms with van der Waals surface area (Å²) in [6.07, 6.45) is -0.308. The Hall–Kier alpha value is -2.63. The van der Waals surface area contributed by atoms with Gasteiger partial charge in [-0.2, -0.15) is 0 Å². The van der Waals surface area contributed by atoms with Gasteiger partial charge >= 0.3 is 11.9 Å². The molecule has 6 nitrogen and oxygen atoms in total. The van der Waals surface area contributed by atoms with E-state index in [1.165, 1.54) is 6.07 Å². The Bertz CT molecular complexity index is 760. The number of hydrogen-bond acceptors (Lipinski definition) is 3. The smallest absolute Gasteiger partial charge is 0.352 e. The lowest BCUT2D eigenvalue weighted by atomic mass is 10.1. The summed E-state index contributed by atoms with van der Waals surface area (Å²) in [6.45, 7) is 1.68. The van der Waals surface area contributed by atoms with Crippen LogP contribution in [0.4, 0.5) is 0 Å². The van der Waals surface area contributed by atoms with Gasteiger partial charge < -0.3 is 14.8 Å². The molecule has 104 valence electrons. The second-order valence-electron chi connectivity index (χ2n) is 4.53. The number of benzene rings is 1. The quantitative estimate of drug-likeness (QED) is 0.881. The van der Waals surface area contributed by atoms with Crippen molar-refractivity contribution in [2.24, 2.45) is 0 Å². The van der Waals surface area contributed by atoms with Crippen LogP contribution in [-0.2, 0) is 11.3 Å². The molecular weight excluding hydrogens is 262 g/mol. The second-order valence-corrected chi connectivity index (χ2v) is 4.53. The van der Waals surface area contributed by atoms with Crippen molar-refractivity contribution < 1.29 is 19.8 Å². The van der Waals surface area contributed by atoms with Crippen LogP contribution in [0.1, 0.15) is 22.5 Å². The van der Waals surface area contributed by atoms with Crippen LogP contribution < -0.4 is 5.56 Å². The topological polar surface area (TPSA) is 96.6 Å². The van der Waals surface area contributed by atoms with Crippen molar-refractivity contribution >= 4 is 22.7 Å². The van der Waals surface area contributed by atoms with E-state index in [0.717, 1.165) is 10.1 Å². The first kappa shape index (κ1) is 13.8. The number of hydrogen-bond donors (Lipinski definition) is 2. The molecule has 0 saturated heterocycles. The van der Waals surface area contributed by atoms with Crippen LogP contribution in [0.5, 0.6) is 0 Å². The van der Waals surface area contributed by atoms with E-state index in [-0.39, 0.29) is 18.7 Å². The molecule has 20 heavy (non-hydrogen) atoms. The minimum atomic E-state index is -1.25. The molecule has 1 heterocycles. The Morgan fingerprint density at radius 2 is 1.90 bits per heavy atom. The van der Waals surface area contributed by atoms with Crippen LogP contribution in [0.3, 0.4) is 0 Å². The minimum absolute atomic E-state index is 0.167. The number of nitrogens with zero attached hydrogens (tertiary/aromatic N) is 1. The maximum atomic E-state index is 12.3. The largest absolute Gasteiger partial charge is 0.481 e. The number of aromatic carboxylic acids is 1. The minimum Gasteiger partial charge on any atom is -0.481 e. The molecule has 0 amide bonds. The maximum absolute atomic E-state index is 12.3. The molecule has 6 heteroatoms. The highest BCUT2D eigenvalue weighted by atomic mass is 16.4. The molecule has 0 aliphatic carbocycles. The van der Waals surface area contributed by atoms with Crippen molar-refractivity contribution in [3.05, 3.63) is 45.9 Å². The molecular formula is C14H13NO5. The van der Waals surface area contributed by atoms with Gasteiger partial charge in [-0.1, -0.05) is 17.7 Å². The average molecular weight is 275 g/mol. The lowest BCUT2D eigenvalue weighted by Crippen LogP contribution is -2.27. The predicted octanol–water partition coefficient (Wildman–Crippen LogP) is 1.48. The highest BCUT2D eigenvalue weighted by molar-refractivity contribution is 5.92. The molecule has 1 aromatic carbocycles. The van der Waals surface area contributed by atoms with E-state index < -0.39 is 17.5 Å². The summed E-state index contributed by atoms with van der Waals surface area (Å²) < 4.78 is 0.994. The number of rotatable bonds is 4. The fourth-order valence-corrected chi connectivity index (χ4v) is 2.08.